The predicted octanol–water partition coefficient (Wildman–Crippen LogP) is 1.65. The summed E-state index contributed by atoms with van der Waals surface area (Å²) in [4.78, 5) is 16.0. The number of anilines is 1. The predicted molar refractivity (Wildman–Crippen MR) is 63.5 cm³/mol. The lowest BCUT2D eigenvalue weighted by Gasteiger charge is -2.25. The van der Waals surface area contributed by atoms with Gasteiger partial charge in [-0.1, -0.05) is 6.42 Å². The molecule has 0 saturated heterocycles. The quantitative estimate of drug-likeness (QED) is 0.809. The van der Waals surface area contributed by atoms with E-state index >= 15 is 0 Å². The maximum Gasteiger partial charge on any atom is 0.272 e. The van der Waals surface area contributed by atoms with Gasteiger partial charge < -0.3 is 10.6 Å². The normalized spacial score (nSPS) is 15.3. The second kappa shape index (κ2) is 4.96. The second-order valence-electron chi connectivity index (χ2n) is 4.16. The number of rotatable bonds is 4. The van der Waals surface area contributed by atoms with Crippen LogP contribution in [0.1, 0.15) is 29.8 Å². The minimum absolute atomic E-state index is 0.0862. The summed E-state index contributed by atoms with van der Waals surface area (Å²) in [5.74, 6) is 0.586. The number of aromatic nitrogens is 1. The molecule has 0 unspecified atom stereocenters. The summed E-state index contributed by atoms with van der Waals surface area (Å²) >= 11 is 0. The number of carbonyl (C=O) groups is 1. The number of pyridine rings is 1. The Hall–Kier alpha value is -1.58. The molecule has 0 bridgehead atoms. The average molecular weight is 219 g/mol. The molecule has 1 aromatic rings. The maximum absolute atomic E-state index is 11.9. The highest BCUT2D eigenvalue weighted by molar-refractivity contribution is 5.97. The zero-order chi connectivity index (χ0) is 11.4. The second-order valence-corrected chi connectivity index (χ2v) is 4.16. The van der Waals surface area contributed by atoms with Gasteiger partial charge in [-0.2, -0.15) is 0 Å². The molecular formula is C12H17N3O. The number of carbonyl (C=O) groups excluding carboxylic acids is 1. The Morgan fingerprint density at radius 1 is 1.56 bits per heavy atom. The average Bonchev–Trinajstić information content (AvgIpc) is 2.26. The zero-order valence-corrected chi connectivity index (χ0v) is 9.49. The molecule has 1 fully saturated rings. The van der Waals surface area contributed by atoms with Gasteiger partial charge in [-0.25, -0.2) is 4.98 Å². The van der Waals surface area contributed by atoms with Crippen molar-refractivity contribution in [1.29, 1.82) is 0 Å². The number of amides is 1. The lowest BCUT2D eigenvalue weighted by atomic mass is 9.85. The Morgan fingerprint density at radius 3 is 3.00 bits per heavy atom. The van der Waals surface area contributed by atoms with Gasteiger partial charge in [0.1, 0.15) is 0 Å². The molecule has 1 heterocycles. The lowest BCUT2D eigenvalue weighted by molar-refractivity contribution is 0.0935. The Morgan fingerprint density at radius 2 is 2.38 bits per heavy atom. The van der Waals surface area contributed by atoms with Crippen molar-refractivity contribution in [3.63, 3.8) is 0 Å². The van der Waals surface area contributed by atoms with Crippen LogP contribution in [-0.4, -0.2) is 24.5 Å². The van der Waals surface area contributed by atoms with Crippen molar-refractivity contribution in [2.75, 3.05) is 18.9 Å². The molecule has 0 aromatic carbocycles. The van der Waals surface area contributed by atoms with E-state index in [1.807, 2.05) is 12.1 Å². The van der Waals surface area contributed by atoms with Gasteiger partial charge in [-0.3, -0.25) is 4.79 Å². The first-order chi connectivity index (χ1) is 7.81. The Kier molecular flexibility index (Phi) is 3.39. The van der Waals surface area contributed by atoms with E-state index in [4.69, 9.17) is 0 Å². The van der Waals surface area contributed by atoms with Crippen LogP contribution in [0.25, 0.3) is 0 Å². The SMILES string of the molecule is CNc1cccnc1C(=O)NCC1CCC1. The summed E-state index contributed by atoms with van der Waals surface area (Å²) in [7, 11) is 1.79. The van der Waals surface area contributed by atoms with Gasteiger partial charge in [0.2, 0.25) is 0 Å². The van der Waals surface area contributed by atoms with Crippen molar-refractivity contribution in [1.82, 2.24) is 10.3 Å². The largest absolute Gasteiger partial charge is 0.386 e. The zero-order valence-electron chi connectivity index (χ0n) is 9.49. The molecule has 4 heteroatoms. The first-order valence-corrected chi connectivity index (χ1v) is 5.72. The molecule has 2 N–H and O–H groups in total. The van der Waals surface area contributed by atoms with Gasteiger partial charge in [0, 0.05) is 19.8 Å². The van der Waals surface area contributed by atoms with Crippen LogP contribution in [0.2, 0.25) is 0 Å². The highest BCUT2D eigenvalue weighted by Gasteiger charge is 2.19. The van der Waals surface area contributed by atoms with E-state index in [0.717, 1.165) is 12.2 Å². The molecule has 1 amide bonds. The molecule has 86 valence electrons. The first-order valence-electron chi connectivity index (χ1n) is 5.72. The molecule has 0 atom stereocenters. The molecular weight excluding hydrogens is 202 g/mol. The van der Waals surface area contributed by atoms with E-state index in [-0.39, 0.29) is 5.91 Å². The minimum Gasteiger partial charge on any atom is -0.386 e. The van der Waals surface area contributed by atoms with E-state index in [1.165, 1.54) is 19.3 Å². The molecule has 0 aliphatic heterocycles. The highest BCUT2D eigenvalue weighted by Crippen LogP contribution is 2.25. The van der Waals surface area contributed by atoms with Crippen LogP contribution in [0.4, 0.5) is 5.69 Å². The molecule has 1 aliphatic rings. The Labute approximate surface area is 95.5 Å². The third kappa shape index (κ3) is 2.32. The van der Waals surface area contributed by atoms with Gasteiger partial charge >= 0.3 is 0 Å². The van der Waals surface area contributed by atoms with E-state index in [9.17, 15) is 4.79 Å². The van der Waals surface area contributed by atoms with E-state index in [2.05, 4.69) is 15.6 Å². The molecule has 2 rings (SSSR count). The molecule has 1 saturated carbocycles. The third-order valence-corrected chi connectivity index (χ3v) is 3.07. The van der Waals surface area contributed by atoms with Gasteiger partial charge in [0.05, 0.1) is 5.69 Å². The van der Waals surface area contributed by atoms with Crippen molar-refractivity contribution < 1.29 is 4.79 Å². The van der Waals surface area contributed by atoms with Crippen LogP contribution in [-0.2, 0) is 0 Å². The fraction of sp³-hybridized carbons (Fsp3) is 0.500. The van der Waals surface area contributed by atoms with Gasteiger partial charge in [0.15, 0.2) is 5.69 Å². The number of nitrogens with zero attached hydrogens (tertiary/aromatic N) is 1. The first kappa shape index (κ1) is 10.9. The van der Waals surface area contributed by atoms with Crippen molar-refractivity contribution >= 4 is 11.6 Å². The smallest absolute Gasteiger partial charge is 0.272 e. The van der Waals surface area contributed by atoms with Crippen LogP contribution < -0.4 is 10.6 Å². The molecule has 0 radical (unpaired) electrons. The summed E-state index contributed by atoms with van der Waals surface area (Å²) in [5, 5.41) is 5.90. The maximum atomic E-state index is 11.9. The van der Waals surface area contributed by atoms with Crippen LogP contribution in [0.5, 0.6) is 0 Å². The number of hydrogen-bond acceptors (Lipinski definition) is 3. The van der Waals surface area contributed by atoms with Gasteiger partial charge in [-0.15, -0.1) is 0 Å². The van der Waals surface area contributed by atoms with E-state index < -0.39 is 0 Å². The van der Waals surface area contributed by atoms with Gasteiger partial charge in [-0.05, 0) is 30.9 Å². The van der Waals surface area contributed by atoms with Crippen LogP contribution in [0.15, 0.2) is 18.3 Å². The topological polar surface area (TPSA) is 54.0 Å². The number of nitrogens with one attached hydrogen (secondary N) is 2. The van der Waals surface area contributed by atoms with E-state index in [1.54, 1.807) is 13.2 Å². The fourth-order valence-electron chi connectivity index (χ4n) is 1.81. The highest BCUT2D eigenvalue weighted by atomic mass is 16.1. The summed E-state index contributed by atoms with van der Waals surface area (Å²) in [6.45, 7) is 0.776. The number of hydrogen-bond donors (Lipinski definition) is 2. The van der Waals surface area contributed by atoms with Crippen molar-refractivity contribution in [2.24, 2.45) is 5.92 Å². The molecule has 1 aromatic heterocycles. The van der Waals surface area contributed by atoms with Crippen molar-refractivity contribution in [3.05, 3.63) is 24.0 Å². The molecule has 1 aliphatic carbocycles. The van der Waals surface area contributed by atoms with Crippen LogP contribution in [0, 0.1) is 5.92 Å². The third-order valence-electron chi connectivity index (χ3n) is 3.07. The minimum atomic E-state index is -0.0862. The van der Waals surface area contributed by atoms with Crippen LogP contribution >= 0.6 is 0 Å². The lowest BCUT2D eigenvalue weighted by Crippen LogP contribution is -2.33. The van der Waals surface area contributed by atoms with Crippen LogP contribution in [0.3, 0.4) is 0 Å². The van der Waals surface area contributed by atoms with Gasteiger partial charge in [0.25, 0.3) is 5.91 Å². The summed E-state index contributed by atoms with van der Waals surface area (Å²) in [6.07, 6.45) is 5.41. The van der Waals surface area contributed by atoms with E-state index in [0.29, 0.717) is 11.6 Å². The van der Waals surface area contributed by atoms with Crippen molar-refractivity contribution in [3.8, 4) is 0 Å². The summed E-state index contributed by atoms with van der Waals surface area (Å²) in [5.41, 5.74) is 1.25. The molecule has 0 spiro atoms. The Bertz CT molecular complexity index is 374. The summed E-state index contributed by atoms with van der Waals surface area (Å²) in [6, 6.07) is 3.67. The standard InChI is InChI=1S/C12H17N3O/c1-13-10-6-3-7-14-11(10)12(16)15-8-9-4-2-5-9/h3,6-7,9,13H,2,4-5,8H2,1H3,(H,15,16). The molecule has 4 nitrogen and oxygen atoms in total. The monoisotopic (exact) mass is 219 g/mol. The summed E-state index contributed by atoms with van der Waals surface area (Å²) < 4.78 is 0. The Balaban J connectivity index is 1.96. The van der Waals surface area contributed by atoms with Crippen molar-refractivity contribution in [2.45, 2.75) is 19.3 Å². The molecule has 16 heavy (non-hydrogen) atoms. The fourth-order valence-corrected chi connectivity index (χ4v) is 1.81.